The Labute approximate surface area is 147 Å². The topological polar surface area (TPSA) is 79.2 Å². The number of phenols is 1. The van der Waals surface area contributed by atoms with Crippen molar-refractivity contribution in [3.8, 4) is 17.2 Å². The SMILES string of the molecule is COc1c(CO)c(CO)cc2c1CC(Cc1ccc(C)c(O)c1)CO2. The molecule has 0 saturated carbocycles. The highest BCUT2D eigenvalue weighted by Gasteiger charge is 2.27. The van der Waals surface area contributed by atoms with E-state index in [-0.39, 0.29) is 19.1 Å². The Morgan fingerprint density at radius 1 is 1.20 bits per heavy atom. The van der Waals surface area contributed by atoms with E-state index in [2.05, 4.69) is 0 Å². The molecule has 0 amide bonds. The maximum atomic E-state index is 9.89. The average Bonchev–Trinajstić information content (AvgIpc) is 2.63. The summed E-state index contributed by atoms with van der Waals surface area (Å²) in [6, 6.07) is 7.53. The van der Waals surface area contributed by atoms with Crippen molar-refractivity contribution in [2.45, 2.75) is 33.0 Å². The van der Waals surface area contributed by atoms with Crippen molar-refractivity contribution in [1.29, 1.82) is 0 Å². The van der Waals surface area contributed by atoms with E-state index in [1.807, 2.05) is 19.1 Å². The van der Waals surface area contributed by atoms with Crippen LogP contribution < -0.4 is 9.47 Å². The molecule has 1 heterocycles. The van der Waals surface area contributed by atoms with Crippen molar-refractivity contribution in [2.24, 2.45) is 5.92 Å². The first-order valence-electron chi connectivity index (χ1n) is 8.42. The first-order valence-corrected chi connectivity index (χ1v) is 8.42. The summed E-state index contributed by atoms with van der Waals surface area (Å²) < 4.78 is 11.4. The third-order valence-electron chi connectivity index (χ3n) is 4.84. The summed E-state index contributed by atoms with van der Waals surface area (Å²) in [5.41, 5.74) is 4.09. The zero-order chi connectivity index (χ0) is 18.0. The molecule has 0 bridgehead atoms. The standard InChI is InChI=1S/C20H24O5/c1-12-3-4-13(7-18(12)23)5-14-6-16-19(25-11-14)8-15(9-21)17(10-22)20(16)24-2/h3-4,7-8,14,21-23H,5-6,9-11H2,1-2H3. The predicted octanol–water partition coefficient (Wildman–Crippen LogP) is 2.49. The van der Waals surface area contributed by atoms with E-state index in [1.54, 1.807) is 19.2 Å². The third-order valence-corrected chi connectivity index (χ3v) is 4.84. The largest absolute Gasteiger partial charge is 0.508 e. The summed E-state index contributed by atoms with van der Waals surface area (Å²) in [6.07, 6.45) is 1.54. The molecule has 0 spiro atoms. The summed E-state index contributed by atoms with van der Waals surface area (Å²) in [5.74, 6) is 1.86. The Kier molecular flexibility index (Phi) is 5.16. The molecule has 3 rings (SSSR count). The molecule has 1 atom stereocenters. The second-order valence-electron chi connectivity index (χ2n) is 6.55. The number of fused-ring (bicyclic) bond motifs is 1. The number of aromatic hydroxyl groups is 1. The highest BCUT2D eigenvalue weighted by molar-refractivity contribution is 5.55. The van der Waals surface area contributed by atoms with Gasteiger partial charge in [0, 0.05) is 17.0 Å². The van der Waals surface area contributed by atoms with Gasteiger partial charge in [0.05, 0.1) is 26.9 Å². The summed E-state index contributed by atoms with van der Waals surface area (Å²) >= 11 is 0. The minimum atomic E-state index is -0.192. The Bertz CT molecular complexity index is 769. The van der Waals surface area contributed by atoms with E-state index < -0.39 is 0 Å². The minimum absolute atomic E-state index is 0.172. The van der Waals surface area contributed by atoms with Crippen LogP contribution in [0.4, 0.5) is 0 Å². The Hall–Kier alpha value is -2.24. The number of hydrogen-bond acceptors (Lipinski definition) is 5. The fourth-order valence-electron chi connectivity index (χ4n) is 3.46. The molecular weight excluding hydrogens is 320 g/mol. The summed E-state index contributed by atoms with van der Waals surface area (Å²) in [5, 5.41) is 29.1. The van der Waals surface area contributed by atoms with Crippen LogP contribution in [-0.4, -0.2) is 29.0 Å². The number of benzene rings is 2. The maximum Gasteiger partial charge on any atom is 0.131 e. The number of aliphatic hydroxyl groups excluding tert-OH is 2. The van der Waals surface area contributed by atoms with Crippen molar-refractivity contribution in [3.63, 3.8) is 0 Å². The van der Waals surface area contributed by atoms with Crippen molar-refractivity contribution >= 4 is 0 Å². The number of phenolic OH excluding ortho intramolecular Hbond substituents is 1. The second kappa shape index (κ2) is 7.33. The number of hydrogen-bond donors (Lipinski definition) is 3. The molecule has 0 aliphatic carbocycles. The highest BCUT2D eigenvalue weighted by atomic mass is 16.5. The number of aliphatic hydroxyl groups is 2. The van der Waals surface area contributed by atoms with Gasteiger partial charge in [-0.25, -0.2) is 0 Å². The van der Waals surface area contributed by atoms with Gasteiger partial charge in [-0.2, -0.15) is 0 Å². The van der Waals surface area contributed by atoms with Gasteiger partial charge in [-0.05, 0) is 48.6 Å². The van der Waals surface area contributed by atoms with Crippen LogP contribution in [0.25, 0.3) is 0 Å². The molecule has 0 aromatic heterocycles. The molecule has 134 valence electrons. The molecule has 5 heteroatoms. The molecule has 2 aromatic carbocycles. The zero-order valence-corrected chi connectivity index (χ0v) is 14.6. The molecule has 0 saturated heterocycles. The maximum absolute atomic E-state index is 9.89. The lowest BCUT2D eigenvalue weighted by Gasteiger charge is -2.29. The molecule has 3 N–H and O–H groups in total. The van der Waals surface area contributed by atoms with E-state index in [4.69, 9.17) is 9.47 Å². The van der Waals surface area contributed by atoms with Gasteiger partial charge in [0.15, 0.2) is 0 Å². The molecular formula is C20H24O5. The van der Waals surface area contributed by atoms with Crippen LogP contribution >= 0.6 is 0 Å². The summed E-state index contributed by atoms with van der Waals surface area (Å²) in [6.45, 7) is 2.07. The van der Waals surface area contributed by atoms with Crippen LogP contribution in [0.5, 0.6) is 17.2 Å². The lowest BCUT2D eigenvalue weighted by molar-refractivity contribution is 0.212. The Morgan fingerprint density at radius 2 is 2.00 bits per heavy atom. The van der Waals surface area contributed by atoms with Crippen LogP contribution in [-0.2, 0) is 26.1 Å². The molecule has 1 aliphatic heterocycles. The van der Waals surface area contributed by atoms with Gasteiger partial charge in [-0.3, -0.25) is 0 Å². The first-order chi connectivity index (χ1) is 12.1. The number of methoxy groups -OCH3 is 1. The smallest absolute Gasteiger partial charge is 0.131 e. The van der Waals surface area contributed by atoms with Crippen LogP contribution in [0, 0.1) is 12.8 Å². The fourth-order valence-corrected chi connectivity index (χ4v) is 3.46. The van der Waals surface area contributed by atoms with Gasteiger partial charge in [0.1, 0.15) is 17.2 Å². The van der Waals surface area contributed by atoms with Crippen molar-refractivity contribution < 1.29 is 24.8 Å². The van der Waals surface area contributed by atoms with Crippen LogP contribution in [0.3, 0.4) is 0 Å². The molecule has 25 heavy (non-hydrogen) atoms. The highest BCUT2D eigenvalue weighted by Crippen LogP contribution is 2.40. The quantitative estimate of drug-likeness (QED) is 0.777. The van der Waals surface area contributed by atoms with Gasteiger partial charge in [-0.15, -0.1) is 0 Å². The van der Waals surface area contributed by atoms with Gasteiger partial charge in [0.25, 0.3) is 0 Å². The second-order valence-corrected chi connectivity index (χ2v) is 6.55. The van der Waals surface area contributed by atoms with E-state index in [0.717, 1.165) is 29.5 Å². The van der Waals surface area contributed by atoms with E-state index in [1.165, 1.54) is 0 Å². The summed E-state index contributed by atoms with van der Waals surface area (Å²) in [4.78, 5) is 0. The Balaban J connectivity index is 1.88. The molecule has 1 unspecified atom stereocenters. The zero-order valence-electron chi connectivity index (χ0n) is 14.6. The molecule has 5 nitrogen and oxygen atoms in total. The van der Waals surface area contributed by atoms with Crippen molar-refractivity contribution in [1.82, 2.24) is 0 Å². The van der Waals surface area contributed by atoms with Gasteiger partial charge >= 0.3 is 0 Å². The fraction of sp³-hybridized carbons (Fsp3) is 0.400. The lowest BCUT2D eigenvalue weighted by atomic mass is 9.88. The average molecular weight is 344 g/mol. The first kappa shape index (κ1) is 17.6. The molecule has 2 aromatic rings. The normalized spacial score (nSPS) is 16.2. The summed E-state index contributed by atoms with van der Waals surface area (Å²) in [7, 11) is 1.57. The van der Waals surface area contributed by atoms with Gasteiger partial charge in [-0.1, -0.05) is 12.1 Å². The molecule has 0 fully saturated rings. The van der Waals surface area contributed by atoms with Crippen molar-refractivity contribution in [3.05, 3.63) is 52.1 Å². The van der Waals surface area contributed by atoms with Crippen LogP contribution in [0.15, 0.2) is 24.3 Å². The minimum Gasteiger partial charge on any atom is -0.508 e. The molecule has 0 radical (unpaired) electrons. The van der Waals surface area contributed by atoms with E-state index in [0.29, 0.717) is 35.0 Å². The van der Waals surface area contributed by atoms with Gasteiger partial charge in [0.2, 0.25) is 0 Å². The van der Waals surface area contributed by atoms with E-state index in [9.17, 15) is 15.3 Å². The monoisotopic (exact) mass is 344 g/mol. The van der Waals surface area contributed by atoms with Gasteiger partial charge < -0.3 is 24.8 Å². The van der Waals surface area contributed by atoms with Crippen LogP contribution in [0.2, 0.25) is 0 Å². The van der Waals surface area contributed by atoms with Crippen molar-refractivity contribution in [2.75, 3.05) is 13.7 Å². The predicted molar refractivity (Wildman–Crippen MR) is 94.1 cm³/mol. The van der Waals surface area contributed by atoms with Crippen LogP contribution in [0.1, 0.15) is 27.8 Å². The van der Waals surface area contributed by atoms with E-state index >= 15 is 0 Å². The Morgan fingerprint density at radius 3 is 2.64 bits per heavy atom. The number of rotatable bonds is 5. The lowest BCUT2D eigenvalue weighted by Crippen LogP contribution is -2.24. The molecule has 1 aliphatic rings. The third kappa shape index (κ3) is 3.43. The number of aryl methyl sites for hydroxylation is 1. The number of ether oxygens (including phenoxy) is 2.